The Kier molecular flexibility index (Phi) is 5.42. The van der Waals surface area contributed by atoms with E-state index in [4.69, 9.17) is 9.47 Å². The number of hydrogen-bond donors (Lipinski definition) is 1. The minimum Gasteiger partial charge on any atom is -0.496 e. The third-order valence-corrected chi connectivity index (χ3v) is 3.10. The number of hydrogen-bond acceptors (Lipinski definition) is 3. The quantitative estimate of drug-likeness (QED) is 0.889. The zero-order chi connectivity index (χ0) is 15.9. The van der Waals surface area contributed by atoms with Gasteiger partial charge in [-0.3, -0.25) is 4.79 Å². The van der Waals surface area contributed by atoms with Gasteiger partial charge < -0.3 is 14.8 Å². The maximum atomic E-state index is 12.2. The number of rotatable bonds is 6. The molecule has 22 heavy (non-hydrogen) atoms. The third-order valence-electron chi connectivity index (χ3n) is 3.10. The van der Waals surface area contributed by atoms with Crippen LogP contribution >= 0.6 is 0 Å². The van der Waals surface area contributed by atoms with Crippen LogP contribution < -0.4 is 14.8 Å². The number of ether oxygens (including phenoxy) is 2. The van der Waals surface area contributed by atoms with E-state index in [2.05, 4.69) is 5.32 Å². The van der Waals surface area contributed by atoms with Gasteiger partial charge in [0.25, 0.3) is 5.91 Å². The molecule has 0 aliphatic carbocycles. The fourth-order valence-corrected chi connectivity index (χ4v) is 2.11. The van der Waals surface area contributed by atoms with E-state index in [0.29, 0.717) is 17.9 Å². The summed E-state index contributed by atoms with van der Waals surface area (Å²) in [6.07, 6.45) is 0.0758. The second-order valence-electron chi connectivity index (χ2n) is 5.19. The molecule has 4 heteroatoms. The van der Waals surface area contributed by atoms with Crippen LogP contribution in [0, 0.1) is 0 Å². The SMILES string of the molecule is COc1ccccc1CNC(=O)c1cccc(OC(C)C)c1. The summed E-state index contributed by atoms with van der Waals surface area (Å²) in [4.78, 5) is 12.2. The number of benzene rings is 2. The third kappa shape index (κ3) is 4.25. The van der Waals surface area contributed by atoms with Gasteiger partial charge in [0.2, 0.25) is 0 Å². The van der Waals surface area contributed by atoms with Gasteiger partial charge >= 0.3 is 0 Å². The van der Waals surface area contributed by atoms with Crippen LogP contribution in [0.3, 0.4) is 0 Å². The Morgan fingerprint density at radius 1 is 1.14 bits per heavy atom. The average Bonchev–Trinajstić information content (AvgIpc) is 2.52. The van der Waals surface area contributed by atoms with Gasteiger partial charge in [0.05, 0.1) is 13.2 Å². The van der Waals surface area contributed by atoms with E-state index in [1.54, 1.807) is 19.2 Å². The van der Waals surface area contributed by atoms with Crippen LogP contribution in [0.25, 0.3) is 0 Å². The molecule has 2 rings (SSSR count). The second kappa shape index (κ2) is 7.50. The topological polar surface area (TPSA) is 47.6 Å². The maximum absolute atomic E-state index is 12.2. The predicted octanol–water partition coefficient (Wildman–Crippen LogP) is 3.41. The van der Waals surface area contributed by atoms with Crippen LogP contribution in [0.5, 0.6) is 11.5 Å². The standard InChI is InChI=1S/C18H21NO3/c1-13(2)22-16-9-6-8-14(11-16)18(20)19-12-15-7-4-5-10-17(15)21-3/h4-11,13H,12H2,1-3H3,(H,19,20). The lowest BCUT2D eigenvalue weighted by molar-refractivity contribution is 0.0950. The molecule has 0 aliphatic rings. The molecule has 116 valence electrons. The van der Waals surface area contributed by atoms with E-state index in [1.807, 2.05) is 50.2 Å². The lowest BCUT2D eigenvalue weighted by Crippen LogP contribution is -2.23. The van der Waals surface area contributed by atoms with Crippen molar-refractivity contribution in [3.63, 3.8) is 0 Å². The molecule has 1 amide bonds. The van der Waals surface area contributed by atoms with Gasteiger partial charge in [-0.25, -0.2) is 0 Å². The lowest BCUT2D eigenvalue weighted by atomic mass is 10.1. The molecule has 0 aliphatic heterocycles. The molecule has 1 N–H and O–H groups in total. The van der Waals surface area contributed by atoms with Crippen molar-refractivity contribution in [1.82, 2.24) is 5.32 Å². The van der Waals surface area contributed by atoms with Crippen LogP contribution in [-0.2, 0) is 6.54 Å². The number of amides is 1. The second-order valence-corrected chi connectivity index (χ2v) is 5.19. The summed E-state index contributed by atoms with van der Waals surface area (Å²) < 4.78 is 10.9. The molecule has 0 aromatic heterocycles. The molecule has 2 aromatic rings. The maximum Gasteiger partial charge on any atom is 0.251 e. The largest absolute Gasteiger partial charge is 0.496 e. The van der Waals surface area contributed by atoms with Crippen LogP contribution in [0.4, 0.5) is 0 Å². The van der Waals surface area contributed by atoms with Crippen molar-refractivity contribution < 1.29 is 14.3 Å². The predicted molar refractivity (Wildman–Crippen MR) is 86.4 cm³/mol. The summed E-state index contributed by atoms with van der Waals surface area (Å²) in [5.74, 6) is 1.32. The van der Waals surface area contributed by atoms with Crippen molar-refractivity contribution >= 4 is 5.91 Å². The Morgan fingerprint density at radius 2 is 1.91 bits per heavy atom. The first-order valence-corrected chi connectivity index (χ1v) is 7.27. The van der Waals surface area contributed by atoms with Gasteiger partial charge in [-0.15, -0.1) is 0 Å². The van der Waals surface area contributed by atoms with E-state index < -0.39 is 0 Å². The van der Waals surface area contributed by atoms with Crippen molar-refractivity contribution in [3.05, 3.63) is 59.7 Å². The molecule has 0 unspecified atom stereocenters. The van der Waals surface area contributed by atoms with Gasteiger partial charge in [0, 0.05) is 17.7 Å². The van der Waals surface area contributed by atoms with Crippen molar-refractivity contribution in [2.45, 2.75) is 26.5 Å². The minimum absolute atomic E-state index is 0.0758. The minimum atomic E-state index is -0.139. The first kappa shape index (κ1) is 15.9. The zero-order valence-electron chi connectivity index (χ0n) is 13.1. The molecule has 0 bridgehead atoms. The monoisotopic (exact) mass is 299 g/mol. The normalized spacial score (nSPS) is 10.4. The first-order chi connectivity index (χ1) is 10.6. The smallest absolute Gasteiger partial charge is 0.251 e. The molecule has 0 saturated carbocycles. The van der Waals surface area contributed by atoms with Crippen LogP contribution in [0.2, 0.25) is 0 Å². The van der Waals surface area contributed by atoms with Crippen molar-refractivity contribution in [2.75, 3.05) is 7.11 Å². The highest BCUT2D eigenvalue weighted by Gasteiger charge is 2.09. The first-order valence-electron chi connectivity index (χ1n) is 7.27. The van der Waals surface area contributed by atoms with E-state index >= 15 is 0 Å². The fourth-order valence-electron chi connectivity index (χ4n) is 2.11. The summed E-state index contributed by atoms with van der Waals surface area (Å²) in [5, 5.41) is 2.90. The molecule has 0 spiro atoms. The molecule has 0 fully saturated rings. The van der Waals surface area contributed by atoms with Crippen molar-refractivity contribution in [3.8, 4) is 11.5 Å². The van der Waals surface area contributed by atoms with E-state index in [9.17, 15) is 4.79 Å². The van der Waals surface area contributed by atoms with Crippen LogP contribution in [-0.4, -0.2) is 19.1 Å². The molecule has 0 saturated heterocycles. The molecule has 0 heterocycles. The number of methoxy groups -OCH3 is 1. The summed E-state index contributed by atoms with van der Waals surface area (Å²) in [6, 6.07) is 14.8. The Hall–Kier alpha value is -2.49. The zero-order valence-corrected chi connectivity index (χ0v) is 13.1. The van der Waals surface area contributed by atoms with Gasteiger partial charge in [0.1, 0.15) is 11.5 Å². The van der Waals surface area contributed by atoms with Crippen molar-refractivity contribution in [2.24, 2.45) is 0 Å². The van der Waals surface area contributed by atoms with E-state index in [-0.39, 0.29) is 12.0 Å². The number of para-hydroxylation sites is 1. The molecule has 4 nitrogen and oxygen atoms in total. The summed E-state index contributed by atoms with van der Waals surface area (Å²) in [6.45, 7) is 4.32. The molecular weight excluding hydrogens is 278 g/mol. The van der Waals surface area contributed by atoms with E-state index in [1.165, 1.54) is 0 Å². The van der Waals surface area contributed by atoms with E-state index in [0.717, 1.165) is 11.3 Å². The Bertz CT molecular complexity index is 638. The highest BCUT2D eigenvalue weighted by Crippen LogP contribution is 2.18. The van der Waals surface area contributed by atoms with Crippen LogP contribution in [0.15, 0.2) is 48.5 Å². The average molecular weight is 299 g/mol. The van der Waals surface area contributed by atoms with Gasteiger partial charge in [-0.05, 0) is 38.1 Å². The number of nitrogens with one attached hydrogen (secondary N) is 1. The molecule has 0 radical (unpaired) electrons. The van der Waals surface area contributed by atoms with Crippen LogP contribution in [0.1, 0.15) is 29.8 Å². The summed E-state index contributed by atoms with van der Waals surface area (Å²) >= 11 is 0. The molecular formula is C18H21NO3. The number of carbonyl (C=O) groups is 1. The number of carbonyl (C=O) groups excluding carboxylic acids is 1. The van der Waals surface area contributed by atoms with Gasteiger partial charge in [-0.2, -0.15) is 0 Å². The lowest BCUT2D eigenvalue weighted by Gasteiger charge is -2.12. The Labute approximate surface area is 131 Å². The van der Waals surface area contributed by atoms with Gasteiger partial charge in [0.15, 0.2) is 0 Å². The summed E-state index contributed by atoms with van der Waals surface area (Å²) in [7, 11) is 1.62. The fraction of sp³-hybridized carbons (Fsp3) is 0.278. The molecule has 2 aromatic carbocycles. The molecule has 0 atom stereocenters. The highest BCUT2D eigenvalue weighted by atomic mass is 16.5. The highest BCUT2D eigenvalue weighted by molar-refractivity contribution is 5.94. The Morgan fingerprint density at radius 3 is 2.64 bits per heavy atom. The van der Waals surface area contributed by atoms with Gasteiger partial charge in [-0.1, -0.05) is 24.3 Å². The van der Waals surface area contributed by atoms with Crippen molar-refractivity contribution in [1.29, 1.82) is 0 Å². The summed E-state index contributed by atoms with van der Waals surface area (Å²) in [5.41, 5.74) is 1.51. The Balaban J connectivity index is 2.03.